The molecule has 0 spiro atoms. The average Bonchev–Trinajstić information content (AvgIpc) is 2.25. The lowest BCUT2D eigenvalue weighted by Gasteiger charge is -2.04. The lowest BCUT2D eigenvalue weighted by molar-refractivity contribution is -0.136. The van der Waals surface area contributed by atoms with Crippen LogP contribution in [0.3, 0.4) is 0 Å². The van der Waals surface area contributed by atoms with Gasteiger partial charge in [-0.05, 0) is 24.1 Å². The molecule has 0 fully saturated rings. The molecule has 0 amide bonds. The lowest BCUT2D eigenvalue weighted by Crippen LogP contribution is -1.99. The maximum Gasteiger partial charge on any atom is 0.303 e. The number of carboxylic acid groups (broad SMARTS) is 1. The fourth-order valence-corrected chi connectivity index (χ4v) is 1.32. The number of alkyl halides is 1. The maximum absolute atomic E-state index is 10.4. The topological polar surface area (TPSA) is 46.5 Å². The zero-order valence-electron chi connectivity index (χ0n) is 8.28. The molecular weight excluding hydrogens is 260 g/mol. The number of hydrogen-bond donors (Lipinski definition) is 1. The van der Waals surface area contributed by atoms with Crippen molar-refractivity contribution in [1.29, 1.82) is 0 Å². The van der Waals surface area contributed by atoms with E-state index in [9.17, 15) is 4.79 Å². The summed E-state index contributed by atoms with van der Waals surface area (Å²) in [7, 11) is 0. The third-order valence-electron chi connectivity index (χ3n) is 1.90. The summed E-state index contributed by atoms with van der Waals surface area (Å²) in [4.78, 5) is 10.4. The van der Waals surface area contributed by atoms with Crippen LogP contribution in [0.25, 0.3) is 0 Å². The quantitative estimate of drug-likeness (QED) is 0.810. The smallest absolute Gasteiger partial charge is 0.303 e. The number of benzene rings is 1. The van der Waals surface area contributed by atoms with Gasteiger partial charge in [-0.1, -0.05) is 28.1 Å². The first-order chi connectivity index (χ1) is 7.22. The highest BCUT2D eigenvalue weighted by Crippen LogP contribution is 2.13. The molecule has 0 aliphatic carbocycles. The second-order valence-electron chi connectivity index (χ2n) is 3.08. The third kappa shape index (κ3) is 4.83. The van der Waals surface area contributed by atoms with E-state index in [1.54, 1.807) is 0 Å². The zero-order valence-corrected chi connectivity index (χ0v) is 9.87. The van der Waals surface area contributed by atoms with Crippen molar-refractivity contribution in [3.8, 4) is 5.75 Å². The van der Waals surface area contributed by atoms with Crippen LogP contribution in [0, 0.1) is 0 Å². The standard InChI is InChI=1S/C11H13BrO3/c12-7-8-15-10-4-1-9(2-5-10)3-6-11(13)14/h1-2,4-5H,3,6-8H2,(H,13,14). The normalized spacial score (nSPS) is 9.93. The second-order valence-corrected chi connectivity index (χ2v) is 3.87. The third-order valence-corrected chi connectivity index (χ3v) is 2.22. The molecule has 0 aliphatic heterocycles. The van der Waals surface area contributed by atoms with E-state index in [1.807, 2.05) is 24.3 Å². The van der Waals surface area contributed by atoms with Crippen molar-refractivity contribution < 1.29 is 14.6 Å². The van der Waals surface area contributed by atoms with E-state index in [1.165, 1.54) is 0 Å². The summed E-state index contributed by atoms with van der Waals surface area (Å²) in [6.07, 6.45) is 0.732. The number of rotatable bonds is 6. The number of ether oxygens (including phenoxy) is 1. The van der Waals surface area contributed by atoms with Crippen molar-refractivity contribution in [3.05, 3.63) is 29.8 Å². The highest BCUT2D eigenvalue weighted by atomic mass is 79.9. The summed E-state index contributed by atoms with van der Waals surface area (Å²) >= 11 is 3.27. The van der Waals surface area contributed by atoms with Crippen LogP contribution in [0.2, 0.25) is 0 Å². The van der Waals surface area contributed by atoms with E-state index in [0.717, 1.165) is 16.6 Å². The molecule has 3 nitrogen and oxygen atoms in total. The van der Waals surface area contributed by atoms with Gasteiger partial charge in [0.05, 0.1) is 6.61 Å². The minimum Gasteiger partial charge on any atom is -0.493 e. The summed E-state index contributed by atoms with van der Waals surface area (Å²) in [5.74, 6) is 0.0446. The Kier molecular flexibility index (Phi) is 5.18. The van der Waals surface area contributed by atoms with Gasteiger partial charge >= 0.3 is 5.97 Å². The number of halogens is 1. The van der Waals surface area contributed by atoms with E-state index in [-0.39, 0.29) is 6.42 Å². The molecule has 0 saturated carbocycles. The zero-order chi connectivity index (χ0) is 11.1. The molecule has 1 N–H and O–H groups in total. The summed E-state index contributed by atoms with van der Waals surface area (Å²) in [6.45, 7) is 0.633. The molecule has 15 heavy (non-hydrogen) atoms. The molecule has 1 rings (SSSR count). The summed E-state index contributed by atoms with van der Waals surface area (Å²) in [6, 6.07) is 7.51. The molecular formula is C11H13BrO3. The highest BCUT2D eigenvalue weighted by Gasteiger charge is 1.99. The Morgan fingerprint density at radius 1 is 1.33 bits per heavy atom. The fourth-order valence-electron chi connectivity index (χ4n) is 1.16. The van der Waals surface area contributed by atoms with Crippen LogP contribution in [0.1, 0.15) is 12.0 Å². The number of carboxylic acids is 1. The van der Waals surface area contributed by atoms with Crippen LogP contribution in [0.4, 0.5) is 0 Å². The largest absolute Gasteiger partial charge is 0.493 e. The molecule has 0 radical (unpaired) electrons. The van der Waals surface area contributed by atoms with Gasteiger partial charge in [-0.25, -0.2) is 0 Å². The number of aliphatic carboxylic acids is 1. The van der Waals surface area contributed by atoms with Gasteiger partial charge in [0.2, 0.25) is 0 Å². The molecule has 0 unspecified atom stereocenters. The molecule has 0 aromatic heterocycles. The average molecular weight is 273 g/mol. The first kappa shape index (κ1) is 12.0. The Balaban J connectivity index is 2.45. The Morgan fingerprint density at radius 2 is 2.00 bits per heavy atom. The molecule has 1 aromatic rings. The second kappa shape index (κ2) is 6.45. The molecule has 1 aromatic carbocycles. The summed E-state index contributed by atoms with van der Waals surface area (Å²) in [5.41, 5.74) is 1.02. The van der Waals surface area contributed by atoms with Crippen molar-refractivity contribution in [2.45, 2.75) is 12.8 Å². The Bertz CT molecular complexity index is 308. The Hall–Kier alpha value is -1.03. The maximum atomic E-state index is 10.4. The van der Waals surface area contributed by atoms with Gasteiger partial charge in [0.25, 0.3) is 0 Å². The van der Waals surface area contributed by atoms with Crippen LogP contribution < -0.4 is 4.74 Å². The predicted molar refractivity (Wildman–Crippen MR) is 61.7 cm³/mol. The summed E-state index contributed by atoms with van der Waals surface area (Å²) in [5, 5.41) is 9.31. The molecule has 4 heteroatoms. The van der Waals surface area contributed by atoms with Gasteiger partial charge in [-0.3, -0.25) is 4.79 Å². The Morgan fingerprint density at radius 3 is 2.53 bits per heavy atom. The molecule has 0 heterocycles. The van der Waals surface area contributed by atoms with E-state index >= 15 is 0 Å². The van der Waals surface area contributed by atoms with Crippen molar-refractivity contribution in [2.75, 3.05) is 11.9 Å². The van der Waals surface area contributed by atoms with Crippen LogP contribution in [-0.4, -0.2) is 23.0 Å². The van der Waals surface area contributed by atoms with E-state index in [4.69, 9.17) is 9.84 Å². The number of hydrogen-bond acceptors (Lipinski definition) is 2. The van der Waals surface area contributed by atoms with Crippen molar-refractivity contribution >= 4 is 21.9 Å². The van der Waals surface area contributed by atoms with Crippen molar-refractivity contribution in [1.82, 2.24) is 0 Å². The molecule has 0 saturated heterocycles. The molecule has 82 valence electrons. The monoisotopic (exact) mass is 272 g/mol. The Labute approximate surface area is 97.2 Å². The number of aryl methyl sites for hydroxylation is 1. The van der Waals surface area contributed by atoms with E-state index < -0.39 is 5.97 Å². The highest BCUT2D eigenvalue weighted by molar-refractivity contribution is 9.09. The minimum atomic E-state index is -0.769. The predicted octanol–water partition coefficient (Wildman–Crippen LogP) is 2.48. The van der Waals surface area contributed by atoms with Crippen LogP contribution in [-0.2, 0) is 11.2 Å². The first-order valence-electron chi connectivity index (χ1n) is 4.72. The SMILES string of the molecule is O=C(O)CCc1ccc(OCCBr)cc1. The van der Waals surface area contributed by atoms with Gasteiger partial charge in [0.15, 0.2) is 0 Å². The lowest BCUT2D eigenvalue weighted by atomic mass is 10.1. The van der Waals surface area contributed by atoms with Crippen LogP contribution >= 0.6 is 15.9 Å². The van der Waals surface area contributed by atoms with Crippen LogP contribution in [0.15, 0.2) is 24.3 Å². The van der Waals surface area contributed by atoms with Gasteiger partial charge in [-0.15, -0.1) is 0 Å². The van der Waals surface area contributed by atoms with Crippen molar-refractivity contribution in [2.24, 2.45) is 0 Å². The molecule has 0 atom stereocenters. The van der Waals surface area contributed by atoms with Crippen molar-refractivity contribution in [3.63, 3.8) is 0 Å². The first-order valence-corrected chi connectivity index (χ1v) is 5.84. The van der Waals surface area contributed by atoms with E-state index in [0.29, 0.717) is 13.0 Å². The minimum absolute atomic E-state index is 0.168. The summed E-state index contributed by atoms with van der Waals surface area (Å²) < 4.78 is 5.37. The van der Waals surface area contributed by atoms with Gasteiger partial charge in [0, 0.05) is 11.8 Å². The molecule has 0 bridgehead atoms. The van der Waals surface area contributed by atoms with Gasteiger partial charge in [0.1, 0.15) is 5.75 Å². The van der Waals surface area contributed by atoms with Gasteiger partial charge in [-0.2, -0.15) is 0 Å². The van der Waals surface area contributed by atoms with Gasteiger partial charge < -0.3 is 9.84 Å². The fraction of sp³-hybridized carbons (Fsp3) is 0.364. The van der Waals surface area contributed by atoms with E-state index in [2.05, 4.69) is 15.9 Å². The van der Waals surface area contributed by atoms with Crippen LogP contribution in [0.5, 0.6) is 5.75 Å². The molecule has 0 aliphatic rings. The number of carbonyl (C=O) groups is 1.